The van der Waals surface area contributed by atoms with Crippen LogP contribution in [-0.4, -0.2) is 36.2 Å². The number of rotatable bonds is 5. The normalized spacial score (nSPS) is 16.4. The van der Waals surface area contributed by atoms with Crippen LogP contribution < -0.4 is 15.0 Å². The molecule has 0 spiro atoms. The number of carbonyl (C=O) groups is 1. The molecular weight excluding hydrogens is 380 g/mol. The van der Waals surface area contributed by atoms with Crippen LogP contribution in [0.3, 0.4) is 0 Å². The fraction of sp³-hybridized carbons (Fsp3) is 0.348. The fourth-order valence-electron chi connectivity index (χ4n) is 3.63. The maximum atomic E-state index is 12.8. The number of aryl methyl sites for hydroxylation is 2. The smallest absolute Gasteiger partial charge is 0.324 e. The zero-order chi connectivity index (χ0) is 21.1. The molecule has 1 fully saturated rings. The van der Waals surface area contributed by atoms with Crippen molar-refractivity contribution in [3.05, 3.63) is 53.6 Å². The second kappa shape index (κ2) is 8.57. The quantitative estimate of drug-likeness (QED) is 0.683. The predicted molar refractivity (Wildman–Crippen MR) is 116 cm³/mol. The molecule has 0 bridgehead atoms. The predicted octanol–water partition coefficient (Wildman–Crippen LogP) is 4.22. The summed E-state index contributed by atoms with van der Waals surface area (Å²) < 4.78 is 10.7. The first-order valence-electron chi connectivity index (χ1n) is 10.1. The molecule has 7 nitrogen and oxygen atoms in total. The van der Waals surface area contributed by atoms with Gasteiger partial charge < -0.3 is 19.5 Å². The lowest BCUT2D eigenvalue weighted by atomic mass is 9.97. The van der Waals surface area contributed by atoms with Crippen LogP contribution in [0.5, 0.6) is 5.75 Å². The Morgan fingerprint density at radius 3 is 2.70 bits per heavy atom. The van der Waals surface area contributed by atoms with E-state index in [1.807, 2.05) is 54.3 Å². The zero-order valence-electron chi connectivity index (χ0n) is 17.5. The van der Waals surface area contributed by atoms with Gasteiger partial charge >= 0.3 is 6.01 Å². The van der Waals surface area contributed by atoms with Gasteiger partial charge in [-0.25, -0.2) is 0 Å². The molecule has 1 aliphatic heterocycles. The number of hydrogen-bond acceptors (Lipinski definition) is 6. The van der Waals surface area contributed by atoms with Crippen LogP contribution in [0.1, 0.15) is 24.0 Å². The molecule has 30 heavy (non-hydrogen) atoms. The van der Waals surface area contributed by atoms with Crippen molar-refractivity contribution in [2.75, 3.05) is 30.4 Å². The highest BCUT2D eigenvalue weighted by Crippen LogP contribution is 2.26. The molecule has 2 heterocycles. The minimum absolute atomic E-state index is 0.0258. The minimum atomic E-state index is -0.128. The molecule has 1 N–H and O–H groups in total. The van der Waals surface area contributed by atoms with E-state index in [9.17, 15) is 4.79 Å². The van der Waals surface area contributed by atoms with Crippen LogP contribution in [-0.2, 0) is 4.79 Å². The van der Waals surface area contributed by atoms with Gasteiger partial charge in [0.15, 0.2) is 0 Å². The number of aromatic nitrogens is 2. The Labute approximate surface area is 176 Å². The molecule has 0 radical (unpaired) electrons. The number of anilines is 2. The summed E-state index contributed by atoms with van der Waals surface area (Å²) in [6.45, 7) is 5.45. The van der Waals surface area contributed by atoms with Crippen LogP contribution in [0.2, 0.25) is 0 Å². The molecule has 1 aliphatic rings. The number of amides is 1. The van der Waals surface area contributed by atoms with E-state index in [0.29, 0.717) is 18.4 Å². The topological polar surface area (TPSA) is 80.5 Å². The number of nitrogens with one attached hydrogen (secondary N) is 1. The maximum Gasteiger partial charge on any atom is 0.324 e. The first kappa shape index (κ1) is 19.9. The van der Waals surface area contributed by atoms with E-state index < -0.39 is 0 Å². The van der Waals surface area contributed by atoms with E-state index in [2.05, 4.69) is 22.4 Å². The Morgan fingerprint density at radius 1 is 1.17 bits per heavy atom. The molecule has 1 amide bonds. The average molecular weight is 406 g/mol. The molecule has 156 valence electrons. The lowest BCUT2D eigenvalue weighted by Gasteiger charge is -2.30. The first-order valence-corrected chi connectivity index (χ1v) is 10.1. The monoisotopic (exact) mass is 406 g/mol. The second-order valence-electron chi connectivity index (χ2n) is 7.70. The highest BCUT2D eigenvalue weighted by atomic mass is 16.5. The fourth-order valence-corrected chi connectivity index (χ4v) is 3.63. The number of carbonyl (C=O) groups excluding carboxylic acids is 1. The number of hydrogen-bond donors (Lipinski definition) is 1. The summed E-state index contributed by atoms with van der Waals surface area (Å²) in [5.74, 6) is 1.19. The molecule has 3 aromatic rings. The first-order chi connectivity index (χ1) is 14.5. The van der Waals surface area contributed by atoms with E-state index in [0.717, 1.165) is 42.0 Å². The van der Waals surface area contributed by atoms with Gasteiger partial charge in [0.1, 0.15) is 5.75 Å². The summed E-state index contributed by atoms with van der Waals surface area (Å²) in [5.41, 5.74) is 4.06. The molecular formula is C23H26N4O3. The van der Waals surface area contributed by atoms with Gasteiger partial charge in [-0.1, -0.05) is 11.2 Å². The van der Waals surface area contributed by atoms with Gasteiger partial charge in [-0.15, -0.1) is 0 Å². The lowest BCUT2D eigenvalue weighted by Crippen LogP contribution is -2.41. The van der Waals surface area contributed by atoms with Crippen molar-refractivity contribution in [2.24, 2.45) is 5.92 Å². The molecule has 0 unspecified atom stereocenters. The van der Waals surface area contributed by atoms with E-state index in [1.165, 1.54) is 5.56 Å². The van der Waals surface area contributed by atoms with Crippen LogP contribution in [0.25, 0.3) is 11.4 Å². The summed E-state index contributed by atoms with van der Waals surface area (Å²) >= 11 is 0. The molecule has 0 saturated carbocycles. The largest absolute Gasteiger partial charge is 0.497 e. The third-order valence-corrected chi connectivity index (χ3v) is 5.60. The standard InChI is InChI=1S/C23H26N4O3/c1-15-6-9-19(13-16(15)2)24-22(28)18-5-4-12-27(14-18)23-25-21(26-30-23)17-7-10-20(29-3)11-8-17/h6-11,13,18H,4-5,12,14H2,1-3H3,(H,24,28)/t18-/m0/s1. The van der Waals surface area contributed by atoms with Gasteiger partial charge in [0, 0.05) is 24.3 Å². The van der Waals surface area contributed by atoms with E-state index in [1.54, 1.807) is 7.11 Å². The van der Waals surface area contributed by atoms with E-state index in [4.69, 9.17) is 9.26 Å². The molecule has 1 saturated heterocycles. The highest BCUT2D eigenvalue weighted by Gasteiger charge is 2.28. The van der Waals surface area contributed by atoms with Crippen LogP contribution in [0, 0.1) is 19.8 Å². The average Bonchev–Trinajstić information content (AvgIpc) is 3.27. The molecule has 1 atom stereocenters. The number of piperidine rings is 1. The second-order valence-corrected chi connectivity index (χ2v) is 7.70. The number of nitrogens with zero attached hydrogens (tertiary/aromatic N) is 3. The van der Waals surface area contributed by atoms with Crippen molar-refractivity contribution >= 4 is 17.6 Å². The summed E-state index contributed by atoms with van der Waals surface area (Å²) in [5, 5.41) is 7.15. The highest BCUT2D eigenvalue weighted by molar-refractivity contribution is 5.93. The Hall–Kier alpha value is -3.35. The Bertz CT molecular complexity index is 1030. The summed E-state index contributed by atoms with van der Waals surface area (Å²) in [6, 6.07) is 13.9. The Morgan fingerprint density at radius 2 is 1.97 bits per heavy atom. The Kier molecular flexibility index (Phi) is 5.70. The molecule has 1 aromatic heterocycles. The van der Waals surface area contributed by atoms with Crippen molar-refractivity contribution in [1.82, 2.24) is 10.1 Å². The maximum absolute atomic E-state index is 12.8. The van der Waals surface area contributed by atoms with Crippen LogP contribution in [0.4, 0.5) is 11.7 Å². The lowest BCUT2D eigenvalue weighted by molar-refractivity contribution is -0.120. The van der Waals surface area contributed by atoms with Crippen molar-refractivity contribution in [1.29, 1.82) is 0 Å². The van der Waals surface area contributed by atoms with Crippen molar-refractivity contribution in [2.45, 2.75) is 26.7 Å². The summed E-state index contributed by atoms with van der Waals surface area (Å²) in [6.07, 6.45) is 1.73. The number of ether oxygens (including phenoxy) is 1. The van der Waals surface area contributed by atoms with E-state index >= 15 is 0 Å². The Balaban J connectivity index is 1.42. The number of benzene rings is 2. The SMILES string of the molecule is COc1ccc(-c2noc(N3CCC[C@H](C(=O)Nc4ccc(C)c(C)c4)C3)n2)cc1. The molecule has 2 aromatic carbocycles. The van der Waals surface area contributed by atoms with Gasteiger partial charge in [-0.3, -0.25) is 4.79 Å². The van der Waals surface area contributed by atoms with Gasteiger partial charge in [-0.2, -0.15) is 4.98 Å². The molecule has 4 rings (SSSR count). The van der Waals surface area contributed by atoms with Crippen LogP contribution >= 0.6 is 0 Å². The zero-order valence-corrected chi connectivity index (χ0v) is 17.5. The van der Waals surface area contributed by atoms with Gasteiger partial charge in [-0.05, 0) is 74.2 Å². The number of methoxy groups -OCH3 is 1. The van der Waals surface area contributed by atoms with Crippen molar-refractivity contribution < 1.29 is 14.1 Å². The molecule has 7 heteroatoms. The van der Waals surface area contributed by atoms with E-state index in [-0.39, 0.29) is 11.8 Å². The summed E-state index contributed by atoms with van der Waals surface area (Å²) in [4.78, 5) is 19.3. The van der Waals surface area contributed by atoms with Gasteiger partial charge in [0.05, 0.1) is 13.0 Å². The van der Waals surface area contributed by atoms with Crippen LogP contribution in [0.15, 0.2) is 47.0 Å². The minimum Gasteiger partial charge on any atom is -0.497 e. The molecule has 0 aliphatic carbocycles. The third-order valence-electron chi connectivity index (χ3n) is 5.60. The van der Waals surface area contributed by atoms with Crippen molar-refractivity contribution in [3.63, 3.8) is 0 Å². The summed E-state index contributed by atoms with van der Waals surface area (Å²) in [7, 11) is 1.63. The van der Waals surface area contributed by atoms with Crippen molar-refractivity contribution in [3.8, 4) is 17.1 Å². The van der Waals surface area contributed by atoms with Gasteiger partial charge in [0.2, 0.25) is 11.7 Å². The third kappa shape index (κ3) is 4.30. The van der Waals surface area contributed by atoms with Gasteiger partial charge in [0.25, 0.3) is 0 Å².